The van der Waals surface area contributed by atoms with Gasteiger partial charge >= 0.3 is 0 Å². The van der Waals surface area contributed by atoms with Crippen molar-refractivity contribution < 1.29 is 8.42 Å². The molecule has 22 heavy (non-hydrogen) atoms. The minimum atomic E-state index is -3.56. The van der Waals surface area contributed by atoms with Gasteiger partial charge in [0, 0.05) is 12.4 Å². The lowest BCUT2D eigenvalue weighted by Gasteiger charge is -2.13. The van der Waals surface area contributed by atoms with Gasteiger partial charge in [-0.25, -0.2) is 13.4 Å². The Morgan fingerprint density at radius 2 is 2.05 bits per heavy atom. The first-order valence-corrected chi connectivity index (χ1v) is 9.39. The van der Waals surface area contributed by atoms with Crippen molar-refractivity contribution in [2.45, 2.75) is 55.5 Å². The smallest absolute Gasteiger partial charge is 0.240 e. The van der Waals surface area contributed by atoms with Crippen LogP contribution in [-0.4, -0.2) is 18.4 Å². The molecule has 0 saturated heterocycles. The summed E-state index contributed by atoms with van der Waals surface area (Å²) < 4.78 is 25.5. The van der Waals surface area contributed by atoms with Gasteiger partial charge in [-0.1, -0.05) is 43.4 Å². The van der Waals surface area contributed by atoms with E-state index in [1.807, 2.05) is 19.1 Å². The predicted molar refractivity (Wildman–Crippen MR) is 85.5 cm³/mol. The van der Waals surface area contributed by atoms with Crippen molar-refractivity contribution in [1.82, 2.24) is 9.97 Å². The maximum Gasteiger partial charge on any atom is 0.240 e. The van der Waals surface area contributed by atoms with Crippen LogP contribution in [0.3, 0.4) is 0 Å². The SMILES string of the molecule is Cc1ccc(S(=O)(=O)c2ncc[nH]2)c(CCC2CCCC2)c1. The first-order valence-electron chi connectivity index (χ1n) is 7.91. The normalized spacial score (nSPS) is 16.2. The molecular weight excluding hydrogens is 296 g/mol. The van der Waals surface area contributed by atoms with Gasteiger partial charge in [0.25, 0.3) is 0 Å². The number of H-pyrrole nitrogens is 1. The highest BCUT2D eigenvalue weighted by Gasteiger charge is 2.24. The zero-order valence-corrected chi connectivity index (χ0v) is 13.7. The second kappa shape index (κ2) is 6.24. The van der Waals surface area contributed by atoms with E-state index in [-0.39, 0.29) is 5.16 Å². The number of hydrogen-bond acceptors (Lipinski definition) is 3. The molecule has 1 aliphatic carbocycles. The Morgan fingerprint density at radius 3 is 2.73 bits per heavy atom. The molecule has 3 rings (SSSR count). The van der Waals surface area contributed by atoms with Gasteiger partial charge < -0.3 is 4.98 Å². The van der Waals surface area contributed by atoms with Crippen LogP contribution in [0.2, 0.25) is 0 Å². The number of imidazole rings is 1. The monoisotopic (exact) mass is 318 g/mol. The molecule has 1 N–H and O–H groups in total. The van der Waals surface area contributed by atoms with Crippen molar-refractivity contribution in [3.05, 3.63) is 41.7 Å². The van der Waals surface area contributed by atoms with Crippen LogP contribution in [0.5, 0.6) is 0 Å². The molecule has 0 atom stereocenters. The third-order valence-corrected chi connectivity index (χ3v) is 6.24. The highest BCUT2D eigenvalue weighted by Crippen LogP contribution is 2.31. The van der Waals surface area contributed by atoms with Crippen LogP contribution in [0.25, 0.3) is 0 Å². The lowest BCUT2D eigenvalue weighted by Crippen LogP contribution is -2.09. The summed E-state index contributed by atoms with van der Waals surface area (Å²) in [6.07, 6.45) is 10.1. The molecule has 0 spiro atoms. The van der Waals surface area contributed by atoms with Gasteiger partial charge in [0.15, 0.2) is 0 Å². The van der Waals surface area contributed by atoms with Crippen LogP contribution in [0.1, 0.15) is 43.2 Å². The Bertz CT molecular complexity index is 730. The molecule has 0 radical (unpaired) electrons. The van der Waals surface area contributed by atoms with Crippen molar-refractivity contribution in [3.8, 4) is 0 Å². The van der Waals surface area contributed by atoms with Crippen molar-refractivity contribution in [3.63, 3.8) is 0 Å². The van der Waals surface area contributed by atoms with E-state index in [0.717, 1.165) is 29.9 Å². The fraction of sp³-hybridized carbons (Fsp3) is 0.471. The predicted octanol–water partition coefficient (Wildman–Crippen LogP) is 3.67. The third kappa shape index (κ3) is 3.09. The van der Waals surface area contributed by atoms with Crippen LogP contribution in [0.15, 0.2) is 40.6 Å². The zero-order chi connectivity index (χ0) is 15.6. The van der Waals surface area contributed by atoms with E-state index in [4.69, 9.17) is 0 Å². The number of nitrogens with one attached hydrogen (secondary N) is 1. The molecule has 1 fully saturated rings. The highest BCUT2D eigenvalue weighted by atomic mass is 32.2. The summed E-state index contributed by atoms with van der Waals surface area (Å²) in [4.78, 5) is 7.03. The number of aromatic nitrogens is 2. The molecule has 5 heteroatoms. The highest BCUT2D eigenvalue weighted by molar-refractivity contribution is 7.91. The number of sulfone groups is 1. The van der Waals surface area contributed by atoms with E-state index in [9.17, 15) is 8.42 Å². The number of rotatable bonds is 5. The lowest BCUT2D eigenvalue weighted by molar-refractivity contribution is 0.501. The summed E-state index contributed by atoms with van der Waals surface area (Å²) in [7, 11) is -3.56. The van der Waals surface area contributed by atoms with Crippen molar-refractivity contribution in [1.29, 1.82) is 0 Å². The minimum Gasteiger partial charge on any atom is -0.335 e. The van der Waals surface area contributed by atoms with E-state index >= 15 is 0 Å². The molecular formula is C17H22N2O2S. The molecule has 1 saturated carbocycles. The standard InChI is InChI=1S/C17H22N2O2S/c1-13-6-9-16(22(20,21)17-18-10-11-19-17)15(12-13)8-7-14-4-2-3-5-14/h6,9-12,14H,2-5,7-8H2,1H3,(H,18,19). The maximum absolute atomic E-state index is 12.7. The van der Waals surface area contributed by atoms with Crippen LogP contribution in [0, 0.1) is 12.8 Å². The summed E-state index contributed by atoms with van der Waals surface area (Å²) in [6.45, 7) is 2.00. The summed E-state index contributed by atoms with van der Waals surface area (Å²) in [5.41, 5.74) is 2.02. The van der Waals surface area contributed by atoms with Gasteiger partial charge in [-0.15, -0.1) is 0 Å². The fourth-order valence-corrected chi connectivity index (χ4v) is 4.71. The lowest BCUT2D eigenvalue weighted by atomic mass is 9.97. The van der Waals surface area contributed by atoms with Gasteiger partial charge in [0.05, 0.1) is 4.90 Å². The Kier molecular flexibility index (Phi) is 4.34. The van der Waals surface area contributed by atoms with E-state index in [1.165, 1.54) is 31.9 Å². The van der Waals surface area contributed by atoms with E-state index in [1.54, 1.807) is 12.3 Å². The van der Waals surface area contributed by atoms with Crippen LogP contribution in [-0.2, 0) is 16.3 Å². The largest absolute Gasteiger partial charge is 0.335 e. The summed E-state index contributed by atoms with van der Waals surface area (Å²) >= 11 is 0. The molecule has 118 valence electrons. The second-order valence-electron chi connectivity index (χ2n) is 6.20. The number of benzene rings is 1. The van der Waals surface area contributed by atoms with Crippen molar-refractivity contribution in [2.24, 2.45) is 5.92 Å². The third-order valence-electron chi connectivity index (χ3n) is 4.53. The Labute approximate surface area is 131 Å². The molecule has 4 nitrogen and oxygen atoms in total. The van der Waals surface area contributed by atoms with Gasteiger partial charge in [-0.2, -0.15) is 0 Å². The zero-order valence-electron chi connectivity index (χ0n) is 12.9. The maximum atomic E-state index is 12.7. The van der Waals surface area contributed by atoms with Gasteiger partial charge in [0.1, 0.15) is 0 Å². The van der Waals surface area contributed by atoms with Crippen LogP contribution < -0.4 is 0 Å². The van der Waals surface area contributed by atoms with Gasteiger partial charge in [-0.3, -0.25) is 0 Å². The average molecular weight is 318 g/mol. The molecule has 1 heterocycles. The summed E-state index contributed by atoms with van der Waals surface area (Å²) in [6, 6.07) is 5.58. The summed E-state index contributed by atoms with van der Waals surface area (Å²) in [5.74, 6) is 0.750. The second-order valence-corrected chi connectivity index (χ2v) is 8.03. The molecule has 0 unspecified atom stereocenters. The Hall–Kier alpha value is -1.62. The molecule has 2 aromatic rings. The first-order chi connectivity index (χ1) is 10.6. The number of aromatic amines is 1. The first kappa shape index (κ1) is 15.3. The van der Waals surface area contributed by atoms with E-state index < -0.39 is 9.84 Å². The van der Waals surface area contributed by atoms with E-state index in [0.29, 0.717) is 4.90 Å². The quantitative estimate of drug-likeness (QED) is 0.915. The van der Waals surface area contributed by atoms with Crippen LogP contribution >= 0.6 is 0 Å². The number of aryl methyl sites for hydroxylation is 2. The molecule has 1 aliphatic rings. The molecule has 1 aromatic carbocycles. The van der Waals surface area contributed by atoms with Crippen LogP contribution in [0.4, 0.5) is 0 Å². The molecule has 0 amide bonds. The fourth-order valence-electron chi connectivity index (χ4n) is 3.33. The molecule has 0 bridgehead atoms. The van der Waals surface area contributed by atoms with Gasteiger partial charge in [-0.05, 0) is 37.3 Å². The minimum absolute atomic E-state index is 0.0264. The van der Waals surface area contributed by atoms with Crippen molar-refractivity contribution in [2.75, 3.05) is 0 Å². The summed E-state index contributed by atoms with van der Waals surface area (Å²) in [5, 5.41) is 0.0264. The number of hydrogen-bond donors (Lipinski definition) is 1. The Morgan fingerprint density at radius 1 is 1.27 bits per heavy atom. The Balaban J connectivity index is 1.90. The number of nitrogens with zero attached hydrogens (tertiary/aromatic N) is 1. The molecule has 0 aliphatic heterocycles. The van der Waals surface area contributed by atoms with Gasteiger partial charge in [0.2, 0.25) is 15.0 Å². The van der Waals surface area contributed by atoms with Crippen molar-refractivity contribution >= 4 is 9.84 Å². The molecule has 1 aromatic heterocycles. The average Bonchev–Trinajstić information content (AvgIpc) is 3.18. The topological polar surface area (TPSA) is 62.8 Å². The van der Waals surface area contributed by atoms with E-state index in [2.05, 4.69) is 9.97 Å².